The third-order valence-electron chi connectivity index (χ3n) is 1.05. The van der Waals surface area contributed by atoms with E-state index in [4.69, 9.17) is 0 Å². The van der Waals surface area contributed by atoms with Gasteiger partial charge in [-0.15, -0.1) is 3.89 Å². The zero-order chi connectivity index (χ0) is 9.07. The monoisotopic (exact) mass is 184 g/mol. The summed E-state index contributed by atoms with van der Waals surface area (Å²) in [5, 5.41) is 0. The Kier molecular flexibility index (Phi) is 3.44. The van der Waals surface area contributed by atoms with Crippen LogP contribution in [0.5, 0.6) is 0 Å². The lowest BCUT2D eigenvalue weighted by Gasteiger charge is -2.04. The number of halogens is 1. The molecule has 0 N–H and O–H groups in total. The average Bonchev–Trinajstić information content (AvgIpc) is 1.82. The minimum atomic E-state index is -4.58. The fourth-order valence-electron chi connectivity index (χ4n) is 0.568. The molecule has 1 atom stereocenters. The number of hydrogen-bond donors (Lipinski definition) is 0. The zero-order valence-corrected chi connectivity index (χ0v) is 7.02. The quantitative estimate of drug-likeness (QED) is 0.461. The van der Waals surface area contributed by atoms with Gasteiger partial charge in [0, 0.05) is 0 Å². The Balaban J connectivity index is 4.09. The first-order valence-electron chi connectivity index (χ1n) is 2.87. The molecule has 0 aromatic heterocycles. The summed E-state index contributed by atoms with van der Waals surface area (Å²) in [5.74, 6) is -2.50. The maximum absolute atomic E-state index is 11.9. The van der Waals surface area contributed by atoms with Gasteiger partial charge < -0.3 is 4.74 Å². The molecule has 0 unspecified atom stereocenters. The second-order valence-corrected chi connectivity index (χ2v) is 3.54. The van der Waals surface area contributed by atoms with Gasteiger partial charge in [0.15, 0.2) is 0 Å². The summed E-state index contributed by atoms with van der Waals surface area (Å²) in [6.45, 7) is 1.28. The third-order valence-corrected chi connectivity index (χ3v) is 1.95. The Morgan fingerprint density at radius 3 is 2.36 bits per heavy atom. The molecule has 0 fully saturated rings. The van der Waals surface area contributed by atoms with E-state index in [2.05, 4.69) is 4.74 Å². The first-order chi connectivity index (χ1) is 4.87. The predicted octanol–water partition coefficient (Wildman–Crippen LogP) is 0.0948. The van der Waals surface area contributed by atoms with Crippen molar-refractivity contribution in [2.75, 3.05) is 12.9 Å². The van der Waals surface area contributed by atoms with Gasteiger partial charge >= 0.3 is 16.2 Å². The normalized spacial score (nSPS) is 14.1. The van der Waals surface area contributed by atoms with Crippen LogP contribution in [-0.4, -0.2) is 27.2 Å². The van der Waals surface area contributed by atoms with Crippen LogP contribution in [0.3, 0.4) is 0 Å². The van der Waals surface area contributed by atoms with Gasteiger partial charge in [0.2, 0.25) is 0 Å². The molecule has 0 amide bonds. The van der Waals surface area contributed by atoms with Gasteiger partial charge in [-0.05, 0) is 0 Å². The van der Waals surface area contributed by atoms with Gasteiger partial charge in [-0.2, -0.15) is 8.42 Å². The van der Waals surface area contributed by atoms with Crippen LogP contribution in [0.4, 0.5) is 3.89 Å². The highest BCUT2D eigenvalue weighted by Crippen LogP contribution is 2.03. The molecule has 0 spiro atoms. The Bertz CT molecular complexity index is 233. The fraction of sp³-hybridized carbons (Fsp3) is 0.800. The van der Waals surface area contributed by atoms with E-state index in [0.29, 0.717) is 0 Å². The van der Waals surface area contributed by atoms with E-state index in [1.165, 1.54) is 6.92 Å². The zero-order valence-electron chi connectivity index (χ0n) is 6.20. The molecule has 0 rings (SSSR count). The summed E-state index contributed by atoms with van der Waals surface area (Å²) < 4.78 is 36.1. The summed E-state index contributed by atoms with van der Waals surface area (Å²) in [7, 11) is -3.46. The maximum Gasteiger partial charge on any atom is 0.309 e. The van der Waals surface area contributed by atoms with Crippen molar-refractivity contribution in [3.05, 3.63) is 0 Å². The molecular formula is C5H9FO4S. The third kappa shape index (κ3) is 4.72. The molecule has 0 aliphatic rings. The van der Waals surface area contributed by atoms with Crippen LogP contribution in [0.1, 0.15) is 6.92 Å². The lowest BCUT2D eigenvalue weighted by atomic mass is 10.2. The smallest absolute Gasteiger partial charge is 0.309 e. The van der Waals surface area contributed by atoms with Crippen molar-refractivity contribution in [3.8, 4) is 0 Å². The SMILES string of the molecule is COC(=O)[C@H](C)CS(=O)(=O)F. The standard InChI is InChI=1S/C5H9FO4S/c1-4(5(7)10-2)3-11(6,8)9/h4H,3H2,1-2H3/t4-/m1/s1. The van der Waals surface area contributed by atoms with Crippen LogP contribution >= 0.6 is 0 Å². The molecule has 0 saturated carbocycles. The van der Waals surface area contributed by atoms with Crippen LogP contribution in [0.25, 0.3) is 0 Å². The summed E-state index contributed by atoms with van der Waals surface area (Å²) >= 11 is 0. The van der Waals surface area contributed by atoms with Crippen molar-refractivity contribution in [1.82, 2.24) is 0 Å². The van der Waals surface area contributed by atoms with Gasteiger partial charge in [0.25, 0.3) is 0 Å². The maximum atomic E-state index is 11.9. The summed E-state index contributed by atoms with van der Waals surface area (Å²) in [6.07, 6.45) is 0. The number of hydrogen-bond acceptors (Lipinski definition) is 4. The summed E-state index contributed by atoms with van der Waals surface area (Å²) in [5.41, 5.74) is 0. The highest BCUT2D eigenvalue weighted by atomic mass is 32.3. The molecule has 0 aliphatic heterocycles. The second kappa shape index (κ2) is 3.66. The molecule has 0 aromatic carbocycles. The molecule has 0 radical (unpaired) electrons. The molecule has 4 nitrogen and oxygen atoms in total. The van der Waals surface area contributed by atoms with Crippen molar-refractivity contribution >= 4 is 16.2 Å². The second-order valence-electron chi connectivity index (χ2n) is 2.13. The Hall–Kier alpha value is -0.650. The van der Waals surface area contributed by atoms with E-state index in [1.54, 1.807) is 0 Å². The number of carbonyl (C=O) groups is 1. The predicted molar refractivity (Wildman–Crippen MR) is 36.1 cm³/mol. The minimum Gasteiger partial charge on any atom is -0.469 e. The molecule has 0 bridgehead atoms. The topological polar surface area (TPSA) is 60.4 Å². The number of esters is 1. The first-order valence-corrected chi connectivity index (χ1v) is 4.42. The van der Waals surface area contributed by atoms with Crippen molar-refractivity contribution in [1.29, 1.82) is 0 Å². The van der Waals surface area contributed by atoms with Gasteiger partial charge in [0.1, 0.15) is 0 Å². The van der Waals surface area contributed by atoms with E-state index in [0.717, 1.165) is 7.11 Å². The molecular weight excluding hydrogens is 175 g/mol. The van der Waals surface area contributed by atoms with Crippen molar-refractivity contribution in [2.45, 2.75) is 6.92 Å². The van der Waals surface area contributed by atoms with Crippen molar-refractivity contribution < 1.29 is 21.8 Å². The van der Waals surface area contributed by atoms with E-state index >= 15 is 0 Å². The molecule has 66 valence electrons. The van der Waals surface area contributed by atoms with Gasteiger partial charge in [-0.25, -0.2) is 0 Å². The van der Waals surface area contributed by atoms with E-state index < -0.39 is 27.9 Å². The molecule has 6 heteroatoms. The van der Waals surface area contributed by atoms with Gasteiger partial charge in [0.05, 0.1) is 18.8 Å². The van der Waals surface area contributed by atoms with Gasteiger partial charge in [-0.3, -0.25) is 4.79 Å². The van der Waals surface area contributed by atoms with Crippen LogP contribution < -0.4 is 0 Å². The highest BCUT2D eigenvalue weighted by molar-refractivity contribution is 7.86. The minimum absolute atomic E-state index is 0.730. The average molecular weight is 184 g/mol. The Morgan fingerprint density at radius 1 is 1.64 bits per heavy atom. The Labute approximate surface area is 64.6 Å². The van der Waals surface area contributed by atoms with Crippen molar-refractivity contribution in [3.63, 3.8) is 0 Å². The molecule has 11 heavy (non-hydrogen) atoms. The fourth-order valence-corrected chi connectivity index (χ4v) is 1.30. The Morgan fingerprint density at radius 2 is 2.09 bits per heavy atom. The lowest BCUT2D eigenvalue weighted by Crippen LogP contribution is -2.20. The van der Waals surface area contributed by atoms with E-state index in [1.807, 2.05) is 0 Å². The molecule has 0 heterocycles. The molecule has 0 aliphatic carbocycles. The van der Waals surface area contributed by atoms with Crippen molar-refractivity contribution in [2.24, 2.45) is 5.92 Å². The van der Waals surface area contributed by atoms with E-state index in [-0.39, 0.29) is 0 Å². The number of methoxy groups -OCH3 is 1. The highest BCUT2D eigenvalue weighted by Gasteiger charge is 2.20. The first kappa shape index (κ1) is 10.3. The van der Waals surface area contributed by atoms with Crippen LogP contribution in [-0.2, 0) is 19.8 Å². The van der Waals surface area contributed by atoms with Gasteiger partial charge in [-0.1, -0.05) is 6.92 Å². The number of ether oxygens (including phenoxy) is 1. The summed E-state index contributed by atoms with van der Waals surface area (Å²) in [6, 6.07) is 0. The van der Waals surface area contributed by atoms with Crippen LogP contribution in [0, 0.1) is 5.92 Å². The molecule has 0 aromatic rings. The van der Waals surface area contributed by atoms with Crippen LogP contribution in [0.2, 0.25) is 0 Å². The lowest BCUT2D eigenvalue weighted by molar-refractivity contribution is -0.144. The van der Waals surface area contributed by atoms with E-state index in [9.17, 15) is 17.1 Å². The summed E-state index contributed by atoms with van der Waals surface area (Å²) in [4.78, 5) is 10.5. The number of carbonyl (C=O) groups excluding carboxylic acids is 1. The number of rotatable bonds is 3. The molecule has 0 saturated heterocycles. The van der Waals surface area contributed by atoms with Crippen LogP contribution in [0.15, 0.2) is 0 Å². The largest absolute Gasteiger partial charge is 0.469 e.